The molecule has 16 heavy (non-hydrogen) atoms. The summed E-state index contributed by atoms with van der Waals surface area (Å²) in [6, 6.07) is 3.46. The van der Waals surface area contributed by atoms with Crippen molar-refractivity contribution >= 4 is 11.8 Å². The van der Waals surface area contributed by atoms with Crippen LogP contribution in [0.15, 0.2) is 18.3 Å². The lowest BCUT2D eigenvalue weighted by molar-refractivity contribution is 0.505. The number of rotatable bonds is 7. The van der Waals surface area contributed by atoms with E-state index >= 15 is 0 Å². The Morgan fingerprint density at radius 3 is 2.88 bits per heavy atom. The molecule has 0 radical (unpaired) electrons. The predicted molar refractivity (Wildman–Crippen MR) is 68.2 cm³/mol. The lowest BCUT2D eigenvalue weighted by Crippen LogP contribution is -2.23. The van der Waals surface area contributed by atoms with Crippen molar-refractivity contribution in [2.24, 2.45) is 0 Å². The average molecular weight is 242 g/mol. The zero-order valence-electron chi connectivity index (χ0n) is 9.87. The van der Waals surface area contributed by atoms with E-state index in [-0.39, 0.29) is 11.9 Å². The van der Waals surface area contributed by atoms with Gasteiger partial charge in [0.05, 0.1) is 11.9 Å². The highest BCUT2D eigenvalue weighted by Gasteiger charge is 2.09. The molecule has 0 bridgehead atoms. The predicted octanol–water partition coefficient (Wildman–Crippen LogP) is 3.01. The summed E-state index contributed by atoms with van der Waals surface area (Å²) in [6.07, 6.45) is 5.51. The zero-order valence-corrected chi connectivity index (χ0v) is 10.7. The van der Waals surface area contributed by atoms with Gasteiger partial charge in [-0.15, -0.1) is 0 Å². The van der Waals surface area contributed by atoms with E-state index in [0.717, 1.165) is 25.1 Å². The van der Waals surface area contributed by atoms with Gasteiger partial charge in [-0.3, -0.25) is 4.98 Å². The molecule has 2 nitrogen and oxygen atoms in total. The molecule has 4 heteroatoms. The summed E-state index contributed by atoms with van der Waals surface area (Å²) in [4.78, 5) is 4.11. The van der Waals surface area contributed by atoms with Crippen LogP contribution in [0.25, 0.3) is 0 Å². The topological polar surface area (TPSA) is 24.9 Å². The zero-order chi connectivity index (χ0) is 11.8. The molecule has 0 aromatic carbocycles. The molecular formula is C12H19FN2S. The lowest BCUT2D eigenvalue weighted by Gasteiger charge is -2.16. The van der Waals surface area contributed by atoms with Gasteiger partial charge in [0.1, 0.15) is 5.82 Å². The smallest absolute Gasteiger partial charge is 0.141 e. The second-order valence-corrected chi connectivity index (χ2v) is 4.65. The molecule has 0 saturated heterocycles. The molecule has 1 atom stereocenters. The van der Waals surface area contributed by atoms with Gasteiger partial charge < -0.3 is 5.32 Å². The van der Waals surface area contributed by atoms with E-state index in [0.29, 0.717) is 0 Å². The van der Waals surface area contributed by atoms with E-state index < -0.39 is 0 Å². The molecule has 0 amide bonds. The molecule has 1 unspecified atom stereocenters. The van der Waals surface area contributed by atoms with Gasteiger partial charge in [-0.2, -0.15) is 11.8 Å². The van der Waals surface area contributed by atoms with Gasteiger partial charge in [0.15, 0.2) is 0 Å². The third kappa shape index (κ3) is 4.49. The Morgan fingerprint density at radius 1 is 1.50 bits per heavy atom. The molecule has 1 aromatic rings. The molecule has 1 N–H and O–H groups in total. The Labute approximate surface area is 101 Å². The van der Waals surface area contributed by atoms with Crippen LogP contribution in [0.3, 0.4) is 0 Å². The maximum absolute atomic E-state index is 12.7. The van der Waals surface area contributed by atoms with Crippen LogP contribution in [0.5, 0.6) is 0 Å². The Bertz CT molecular complexity index is 290. The van der Waals surface area contributed by atoms with Crippen molar-refractivity contribution in [3.63, 3.8) is 0 Å². The van der Waals surface area contributed by atoms with E-state index in [9.17, 15) is 4.39 Å². The summed E-state index contributed by atoms with van der Waals surface area (Å²) in [7, 11) is 0. The number of pyridine rings is 1. The fraction of sp³-hybridized carbons (Fsp3) is 0.583. The maximum Gasteiger partial charge on any atom is 0.141 e. The summed E-state index contributed by atoms with van der Waals surface area (Å²) >= 11 is 1.85. The fourth-order valence-electron chi connectivity index (χ4n) is 1.54. The molecule has 90 valence electrons. The summed E-state index contributed by atoms with van der Waals surface area (Å²) in [5, 5.41) is 3.44. The van der Waals surface area contributed by atoms with Crippen LogP contribution in [0.1, 0.15) is 31.5 Å². The first kappa shape index (κ1) is 13.5. The molecule has 1 heterocycles. The van der Waals surface area contributed by atoms with Crippen molar-refractivity contribution in [2.75, 3.05) is 18.6 Å². The number of nitrogens with zero attached hydrogens (tertiary/aromatic N) is 1. The van der Waals surface area contributed by atoms with E-state index in [2.05, 4.69) is 23.5 Å². The standard InChI is InChI=1S/C12H19FN2S/c1-3-11(14-7-4-8-16-2)12-6-5-10(13)9-15-12/h5-6,9,11,14H,3-4,7-8H2,1-2H3. The molecule has 0 spiro atoms. The summed E-state index contributed by atoms with van der Waals surface area (Å²) in [5.41, 5.74) is 0.924. The minimum Gasteiger partial charge on any atom is -0.309 e. The second kappa shape index (κ2) is 7.63. The molecule has 1 rings (SSSR count). The van der Waals surface area contributed by atoms with Crippen LogP contribution in [-0.4, -0.2) is 23.5 Å². The third-order valence-electron chi connectivity index (χ3n) is 2.43. The highest BCUT2D eigenvalue weighted by molar-refractivity contribution is 7.98. The SMILES string of the molecule is CCC(NCCCSC)c1ccc(F)cn1. The highest BCUT2D eigenvalue weighted by atomic mass is 32.2. The van der Waals surface area contributed by atoms with Crippen LogP contribution in [0, 0.1) is 5.82 Å². The summed E-state index contributed by atoms with van der Waals surface area (Å²) < 4.78 is 12.7. The van der Waals surface area contributed by atoms with E-state index in [1.807, 2.05) is 11.8 Å². The largest absolute Gasteiger partial charge is 0.309 e. The Kier molecular flexibility index (Phi) is 6.42. The molecule has 0 aliphatic heterocycles. The van der Waals surface area contributed by atoms with Crippen LogP contribution < -0.4 is 5.32 Å². The molecular weight excluding hydrogens is 223 g/mol. The third-order valence-corrected chi connectivity index (χ3v) is 3.13. The number of hydrogen-bond donors (Lipinski definition) is 1. The minimum absolute atomic E-state index is 0.238. The summed E-state index contributed by atoms with van der Waals surface area (Å²) in [5.74, 6) is 0.890. The maximum atomic E-state index is 12.7. The van der Waals surface area contributed by atoms with Gasteiger partial charge in [0.25, 0.3) is 0 Å². The van der Waals surface area contributed by atoms with Crippen LogP contribution in [0.4, 0.5) is 4.39 Å². The van der Waals surface area contributed by atoms with Crippen LogP contribution in [-0.2, 0) is 0 Å². The number of hydrogen-bond acceptors (Lipinski definition) is 3. The molecule has 0 saturated carbocycles. The van der Waals surface area contributed by atoms with Gasteiger partial charge in [0, 0.05) is 6.04 Å². The molecule has 0 aliphatic carbocycles. The highest BCUT2D eigenvalue weighted by Crippen LogP contribution is 2.14. The molecule has 0 aliphatic rings. The number of halogens is 1. The lowest BCUT2D eigenvalue weighted by atomic mass is 10.1. The minimum atomic E-state index is -0.277. The first-order valence-electron chi connectivity index (χ1n) is 5.61. The second-order valence-electron chi connectivity index (χ2n) is 3.66. The van der Waals surface area contributed by atoms with Crippen LogP contribution >= 0.6 is 11.8 Å². The number of nitrogens with one attached hydrogen (secondary N) is 1. The molecule has 0 fully saturated rings. The monoisotopic (exact) mass is 242 g/mol. The Balaban J connectivity index is 2.44. The van der Waals surface area contributed by atoms with Crippen molar-refractivity contribution in [1.29, 1.82) is 0 Å². The normalized spacial score (nSPS) is 12.7. The first-order valence-corrected chi connectivity index (χ1v) is 7.01. The average Bonchev–Trinajstić information content (AvgIpc) is 2.31. The Morgan fingerprint density at radius 2 is 2.31 bits per heavy atom. The molecule has 1 aromatic heterocycles. The summed E-state index contributed by atoms with van der Waals surface area (Å²) in [6.45, 7) is 3.09. The van der Waals surface area contributed by atoms with Gasteiger partial charge in [0.2, 0.25) is 0 Å². The number of thioether (sulfide) groups is 1. The van der Waals surface area contributed by atoms with Crippen molar-refractivity contribution in [1.82, 2.24) is 10.3 Å². The van der Waals surface area contributed by atoms with Gasteiger partial charge >= 0.3 is 0 Å². The van der Waals surface area contributed by atoms with Crippen molar-refractivity contribution in [3.8, 4) is 0 Å². The Hall–Kier alpha value is -0.610. The van der Waals surface area contributed by atoms with E-state index in [4.69, 9.17) is 0 Å². The van der Waals surface area contributed by atoms with Crippen molar-refractivity contribution in [3.05, 3.63) is 29.8 Å². The van der Waals surface area contributed by atoms with Gasteiger partial charge in [-0.1, -0.05) is 6.92 Å². The van der Waals surface area contributed by atoms with Crippen molar-refractivity contribution in [2.45, 2.75) is 25.8 Å². The van der Waals surface area contributed by atoms with E-state index in [1.54, 1.807) is 6.07 Å². The number of aromatic nitrogens is 1. The van der Waals surface area contributed by atoms with Crippen molar-refractivity contribution < 1.29 is 4.39 Å². The van der Waals surface area contributed by atoms with Gasteiger partial charge in [-0.05, 0) is 43.5 Å². The quantitative estimate of drug-likeness (QED) is 0.744. The van der Waals surface area contributed by atoms with Gasteiger partial charge in [-0.25, -0.2) is 4.39 Å². The van der Waals surface area contributed by atoms with Crippen LogP contribution in [0.2, 0.25) is 0 Å². The fourth-order valence-corrected chi connectivity index (χ4v) is 1.98. The first-order chi connectivity index (χ1) is 7.77. The van der Waals surface area contributed by atoms with E-state index in [1.165, 1.54) is 18.0 Å².